The highest BCUT2D eigenvalue weighted by Crippen LogP contribution is 2.27. The highest BCUT2D eigenvalue weighted by Gasteiger charge is 2.23. The van der Waals surface area contributed by atoms with E-state index in [0.717, 1.165) is 12.0 Å². The Labute approximate surface area is 102 Å². The number of hydrogen-bond acceptors (Lipinski definition) is 3. The molecular weight excluding hydrogens is 240 g/mol. The number of fused-ring (bicyclic) bond motifs is 1. The van der Waals surface area contributed by atoms with Gasteiger partial charge in [0.2, 0.25) is 0 Å². The number of ether oxygens (including phenoxy) is 1. The second-order valence-corrected chi connectivity index (χ2v) is 5.45. The van der Waals surface area contributed by atoms with Gasteiger partial charge >= 0.3 is 5.97 Å². The number of carbonyl (C=O) groups is 1. The number of rotatable bonds is 4. The maximum Gasteiger partial charge on any atom is 0.316 e. The van der Waals surface area contributed by atoms with Gasteiger partial charge in [0.25, 0.3) is 0 Å². The molecule has 0 fully saturated rings. The Balaban J connectivity index is 2.08. The Morgan fingerprint density at radius 1 is 1.47 bits per heavy atom. The van der Waals surface area contributed by atoms with Crippen molar-refractivity contribution < 1.29 is 18.8 Å². The third kappa shape index (κ3) is 3.14. The smallest absolute Gasteiger partial charge is 0.316 e. The Kier molecular flexibility index (Phi) is 3.91. The van der Waals surface area contributed by atoms with E-state index in [-0.39, 0.29) is 17.6 Å². The summed E-state index contributed by atoms with van der Waals surface area (Å²) in [4.78, 5) is 10.5. The summed E-state index contributed by atoms with van der Waals surface area (Å²) in [7, 11) is -1.38. The lowest BCUT2D eigenvalue weighted by atomic mass is 9.99. The predicted octanol–water partition coefficient (Wildman–Crippen LogP) is 1.13. The summed E-state index contributed by atoms with van der Waals surface area (Å²) in [5, 5.41) is 8.57. The maximum absolute atomic E-state index is 11.6. The fourth-order valence-corrected chi connectivity index (χ4v) is 2.99. The van der Waals surface area contributed by atoms with Gasteiger partial charge < -0.3 is 9.84 Å². The van der Waals surface area contributed by atoms with E-state index in [9.17, 15) is 9.00 Å². The molecule has 0 saturated heterocycles. The van der Waals surface area contributed by atoms with Crippen molar-refractivity contribution in [1.82, 2.24) is 0 Å². The molecule has 1 aliphatic rings. The molecule has 0 saturated carbocycles. The van der Waals surface area contributed by atoms with Crippen LogP contribution < -0.4 is 0 Å². The SMILES string of the molecule is O=C(O)CS(=O)CC1OCCc2ccccc21. The van der Waals surface area contributed by atoms with E-state index < -0.39 is 16.8 Å². The Bertz CT molecular complexity index is 444. The Morgan fingerprint density at radius 3 is 3.00 bits per heavy atom. The van der Waals surface area contributed by atoms with Crippen molar-refractivity contribution in [2.75, 3.05) is 18.1 Å². The zero-order chi connectivity index (χ0) is 12.3. The van der Waals surface area contributed by atoms with Crippen LogP contribution in [0.4, 0.5) is 0 Å². The molecule has 1 aromatic carbocycles. The van der Waals surface area contributed by atoms with E-state index in [1.54, 1.807) is 0 Å². The minimum Gasteiger partial charge on any atom is -0.481 e. The van der Waals surface area contributed by atoms with Crippen molar-refractivity contribution >= 4 is 16.8 Å². The first-order valence-electron chi connectivity index (χ1n) is 5.43. The van der Waals surface area contributed by atoms with Crippen molar-refractivity contribution in [2.24, 2.45) is 0 Å². The van der Waals surface area contributed by atoms with Crippen LogP contribution >= 0.6 is 0 Å². The fraction of sp³-hybridized carbons (Fsp3) is 0.417. The standard InChI is InChI=1S/C12H14O4S/c13-12(14)8-17(15)7-11-10-4-2-1-3-9(10)5-6-16-11/h1-4,11H,5-8H2,(H,13,14). The summed E-state index contributed by atoms with van der Waals surface area (Å²) in [5.74, 6) is -1.10. The van der Waals surface area contributed by atoms with Crippen molar-refractivity contribution in [1.29, 1.82) is 0 Å². The van der Waals surface area contributed by atoms with Crippen LogP contribution in [0, 0.1) is 0 Å². The van der Waals surface area contributed by atoms with Crippen LogP contribution in [-0.2, 0) is 26.8 Å². The van der Waals surface area contributed by atoms with Gasteiger partial charge in [0, 0.05) is 10.8 Å². The van der Waals surface area contributed by atoms with Crippen LogP contribution in [0.2, 0.25) is 0 Å². The molecule has 1 N–H and O–H groups in total. The molecule has 1 aromatic rings. The highest BCUT2D eigenvalue weighted by atomic mass is 32.2. The van der Waals surface area contributed by atoms with Crippen LogP contribution in [0.5, 0.6) is 0 Å². The molecule has 2 rings (SSSR count). The molecule has 0 amide bonds. The van der Waals surface area contributed by atoms with Crippen LogP contribution in [0.3, 0.4) is 0 Å². The lowest BCUT2D eigenvalue weighted by molar-refractivity contribution is -0.133. The summed E-state index contributed by atoms with van der Waals surface area (Å²) in [5.41, 5.74) is 2.24. The molecule has 2 unspecified atom stereocenters. The topological polar surface area (TPSA) is 63.6 Å². The molecule has 1 heterocycles. The summed E-state index contributed by atoms with van der Waals surface area (Å²) in [6, 6.07) is 7.87. The predicted molar refractivity (Wildman–Crippen MR) is 64.4 cm³/mol. The van der Waals surface area contributed by atoms with Crippen LogP contribution in [0.1, 0.15) is 17.2 Å². The molecule has 0 bridgehead atoms. The number of aliphatic carboxylic acids is 1. The van der Waals surface area contributed by atoms with Crippen LogP contribution in [0.15, 0.2) is 24.3 Å². The van der Waals surface area contributed by atoms with Gasteiger partial charge in [-0.1, -0.05) is 24.3 Å². The van der Waals surface area contributed by atoms with Crippen molar-refractivity contribution in [3.63, 3.8) is 0 Å². The monoisotopic (exact) mass is 254 g/mol. The van der Waals surface area contributed by atoms with Gasteiger partial charge in [0.15, 0.2) is 0 Å². The van der Waals surface area contributed by atoms with Crippen LogP contribution in [0.25, 0.3) is 0 Å². The zero-order valence-electron chi connectivity index (χ0n) is 9.30. The average Bonchev–Trinajstić information content (AvgIpc) is 2.28. The first-order valence-corrected chi connectivity index (χ1v) is 6.92. The first kappa shape index (κ1) is 12.3. The van der Waals surface area contributed by atoms with Crippen LogP contribution in [-0.4, -0.2) is 33.4 Å². The molecule has 2 atom stereocenters. The average molecular weight is 254 g/mol. The van der Waals surface area contributed by atoms with Gasteiger partial charge in [-0.05, 0) is 17.5 Å². The molecule has 0 aromatic heterocycles. The maximum atomic E-state index is 11.6. The summed E-state index contributed by atoms with van der Waals surface area (Å²) in [6.07, 6.45) is 0.623. The van der Waals surface area contributed by atoms with Gasteiger partial charge in [-0.3, -0.25) is 9.00 Å². The van der Waals surface area contributed by atoms with E-state index >= 15 is 0 Å². The van der Waals surface area contributed by atoms with Gasteiger partial charge in [-0.15, -0.1) is 0 Å². The molecular formula is C12H14O4S. The Morgan fingerprint density at radius 2 is 2.24 bits per heavy atom. The molecule has 0 spiro atoms. The van der Waals surface area contributed by atoms with Gasteiger partial charge in [0.1, 0.15) is 5.75 Å². The van der Waals surface area contributed by atoms with Crippen molar-refractivity contribution in [3.05, 3.63) is 35.4 Å². The van der Waals surface area contributed by atoms with Gasteiger partial charge in [0.05, 0.1) is 18.5 Å². The van der Waals surface area contributed by atoms with E-state index in [2.05, 4.69) is 0 Å². The molecule has 92 valence electrons. The minimum atomic E-state index is -1.38. The summed E-state index contributed by atoms with van der Waals surface area (Å²) in [6.45, 7) is 0.603. The lowest BCUT2D eigenvalue weighted by Gasteiger charge is -2.25. The second-order valence-electron chi connectivity index (χ2n) is 3.95. The molecule has 0 aliphatic carbocycles. The van der Waals surface area contributed by atoms with E-state index in [0.29, 0.717) is 6.61 Å². The van der Waals surface area contributed by atoms with Gasteiger partial charge in [-0.2, -0.15) is 0 Å². The summed E-state index contributed by atoms with van der Waals surface area (Å²) < 4.78 is 17.2. The molecule has 5 heteroatoms. The number of hydrogen-bond donors (Lipinski definition) is 1. The highest BCUT2D eigenvalue weighted by molar-refractivity contribution is 7.85. The normalized spacial score (nSPS) is 20.6. The van der Waals surface area contributed by atoms with E-state index in [1.807, 2.05) is 24.3 Å². The van der Waals surface area contributed by atoms with Crippen molar-refractivity contribution in [2.45, 2.75) is 12.5 Å². The summed E-state index contributed by atoms with van der Waals surface area (Å²) >= 11 is 0. The number of carboxylic acids is 1. The Hall–Kier alpha value is -1.20. The largest absolute Gasteiger partial charge is 0.481 e. The van der Waals surface area contributed by atoms with E-state index in [1.165, 1.54) is 5.56 Å². The zero-order valence-corrected chi connectivity index (χ0v) is 10.1. The second kappa shape index (κ2) is 5.42. The fourth-order valence-electron chi connectivity index (χ4n) is 1.98. The first-order chi connectivity index (χ1) is 8.16. The molecule has 1 aliphatic heterocycles. The quantitative estimate of drug-likeness (QED) is 0.875. The molecule has 0 radical (unpaired) electrons. The number of benzene rings is 1. The third-order valence-electron chi connectivity index (χ3n) is 2.71. The number of carboxylic acid groups (broad SMARTS) is 1. The lowest BCUT2D eigenvalue weighted by Crippen LogP contribution is -2.23. The third-order valence-corrected chi connectivity index (χ3v) is 3.96. The molecule has 17 heavy (non-hydrogen) atoms. The minimum absolute atomic E-state index is 0.236. The molecule has 4 nitrogen and oxygen atoms in total. The van der Waals surface area contributed by atoms with Gasteiger partial charge in [-0.25, -0.2) is 0 Å². The van der Waals surface area contributed by atoms with Crippen molar-refractivity contribution in [3.8, 4) is 0 Å². The van der Waals surface area contributed by atoms with E-state index in [4.69, 9.17) is 9.84 Å².